The number of aromatic nitrogens is 1. The van der Waals surface area contributed by atoms with Crippen LogP contribution in [0.3, 0.4) is 0 Å². The highest BCUT2D eigenvalue weighted by atomic mass is 16.6. The standard InChI is InChI=1S/C18H18N6O4/c1-10(22-23-19)11-3-5-13(6-4-11)20-18(25)15-8-12-7-14(28-2)9-16(24(26)27)17(12)21-15/h3-9,21,23H,19H2,1-2H3,(H,20,25)/b22-10+. The predicted octanol–water partition coefficient (Wildman–Crippen LogP) is 2.52. The van der Waals surface area contributed by atoms with Crippen LogP contribution in [-0.2, 0) is 0 Å². The van der Waals surface area contributed by atoms with Crippen LogP contribution in [0.4, 0.5) is 11.4 Å². The van der Waals surface area contributed by atoms with Crippen LogP contribution < -0.4 is 21.4 Å². The lowest BCUT2D eigenvalue weighted by Crippen LogP contribution is -2.16. The van der Waals surface area contributed by atoms with E-state index >= 15 is 0 Å². The number of aromatic amines is 1. The average molecular weight is 382 g/mol. The van der Waals surface area contributed by atoms with E-state index in [-0.39, 0.29) is 16.9 Å². The van der Waals surface area contributed by atoms with Crippen LogP contribution in [-0.4, -0.2) is 28.6 Å². The van der Waals surface area contributed by atoms with Crippen molar-refractivity contribution in [3.63, 3.8) is 0 Å². The zero-order chi connectivity index (χ0) is 20.3. The lowest BCUT2D eigenvalue weighted by Gasteiger charge is -2.05. The van der Waals surface area contributed by atoms with Crippen molar-refractivity contribution in [3.05, 3.63) is 63.8 Å². The summed E-state index contributed by atoms with van der Waals surface area (Å²) < 4.78 is 5.09. The molecule has 3 aromatic rings. The third-order valence-corrected chi connectivity index (χ3v) is 4.15. The van der Waals surface area contributed by atoms with Crippen molar-refractivity contribution in [2.24, 2.45) is 10.9 Å². The Labute approximate surface area is 159 Å². The second-order valence-electron chi connectivity index (χ2n) is 5.91. The fourth-order valence-corrected chi connectivity index (χ4v) is 2.74. The Morgan fingerprint density at radius 3 is 2.57 bits per heavy atom. The number of hydrogen-bond acceptors (Lipinski definition) is 7. The summed E-state index contributed by atoms with van der Waals surface area (Å²) in [6.07, 6.45) is 0. The fraction of sp³-hybridized carbons (Fsp3) is 0.111. The van der Waals surface area contributed by atoms with Gasteiger partial charge in [-0.1, -0.05) is 12.1 Å². The van der Waals surface area contributed by atoms with Gasteiger partial charge in [-0.05, 0) is 36.8 Å². The van der Waals surface area contributed by atoms with E-state index in [9.17, 15) is 14.9 Å². The molecule has 0 aliphatic carbocycles. The largest absolute Gasteiger partial charge is 0.496 e. The van der Waals surface area contributed by atoms with Gasteiger partial charge in [-0.3, -0.25) is 14.9 Å². The molecule has 0 atom stereocenters. The smallest absolute Gasteiger partial charge is 0.296 e. The Hall–Kier alpha value is -3.92. The van der Waals surface area contributed by atoms with Crippen LogP contribution in [0.5, 0.6) is 5.75 Å². The monoisotopic (exact) mass is 382 g/mol. The Morgan fingerprint density at radius 2 is 1.96 bits per heavy atom. The van der Waals surface area contributed by atoms with E-state index in [2.05, 4.69) is 20.9 Å². The number of nitrogens with zero attached hydrogens (tertiary/aromatic N) is 2. The van der Waals surface area contributed by atoms with E-state index in [1.165, 1.54) is 19.2 Å². The number of rotatable bonds is 6. The first-order valence-corrected chi connectivity index (χ1v) is 8.19. The summed E-state index contributed by atoms with van der Waals surface area (Å²) in [5, 5.41) is 18.4. The molecule has 0 aliphatic rings. The third-order valence-electron chi connectivity index (χ3n) is 4.15. The van der Waals surface area contributed by atoms with E-state index in [0.717, 1.165) is 5.56 Å². The maximum absolute atomic E-state index is 12.5. The topological polar surface area (TPSA) is 148 Å². The van der Waals surface area contributed by atoms with Gasteiger partial charge in [0, 0.05) is 11.1 Å². The molecule has 5 N–H and O–H groups in total. The Morgan fingerprint density at radius 1 is 1.25 bits per heavy atom. The molecule has 0 aliphatic heterocycles. The number of nitrogens with two attached hydrogens (primary N) is 1. The molecule has 144 valence electrons. The SMILES string of the molecule is COc1cc([N+](=O)[O-])c2[nH]c(C(=O)Nc3ccc(/C(C)=N/NN)cc3)cc2c1. The number of hydrazone groups is 1. The summed E-state index contributed by atoms with van der Waals surface area (Å²) >= 11 is 0. The fourth-order valence-electron chi connectivity index (χ4n) is 2.74. The van der Waals surface area contributed by atoms with Gasteiger partial charge in [0.05, 0.1) is 23.8 Å². The number of ether oxygens (including phenoxy) is 1. The Bertz CT molecular complexity index is 1070. The van der Waals surface area contributed by atoms with Crippen molar-refractivity contribution in [2.45, 2.75) is 6.92 Å². The lowest BCUT2D eigenvalue weighted by molar-refractivity contribution is -0.383. The van der Waals surface area contributed by atoms with Crippen LogP contribution in [0, 0.1) is 10.1 Å². The van der Waals surface area contributed by atoms with Crippen molar-refractivity contribution >= 4 is 33.9 Å². The van der Waals surface area contributed by atoms with E-state index in [4.69, 9.17) is 10.6 Å². The number of anilines is 1. The molecule has 0 bridgehead atoms. The molecule has 1 amide bonds. The van der Waals surface area contributed by atoms with Crippen LogP contribution in [0.15, 0.2) is 47.6 Å². The number of carbonyl (C=O) groups excluding carboxylic acids is 1. The van der Waals surface area contributed by atoms with Gasteiger partial charge in [0.2, 0.25) is 0 Å². The van der Waals surface area contributed by atoms with Crippen molar-refractivity contribution in [1.82, 2.24) is 10.5 Å². The summed E-state index contributed by atoms with van der Waals surface area (Å²) in [5.41, 5.74) is 4.60. The number of amides is 1. The summed E-state index contributed by atoms with van der Waals surface area (Å²) in [5.74, 6) is 5.07. The number of nitrogens with one attached hydrogen (secondary N) is 3. The van der Waals surface area contributed by atoms with Gasteiger partial charge in [-0.15, -0.1) is 0 Å². The first-order chi connectivity index (χ1) is 13.4. The molecule has 3 rings (SSSR count). The van der Waals surface area contributed by atoms with Crippen LogP contribution >= 0.6 is 0 Å². The number of non-ortho nitro benzene ring substituents is 1. The minimum absolute atomic E-state index is 0.166. The summed E-state index contributed by atoms with van der Waals surface area (Å²) in [6.45, 7) is 1.79. The number of H-pyrrole nitrogens is 1. The van der Waals surface area contributed by atoms with E-state index in [1.54, 1.807) is 37.3 Å². The number of fused-ring (bicyclic) bond motifs is 1. The van der Waals surface area contributed by atoms with Crippen molar-refractivity contribution in [2.75, 3.05) is 12.4 Å². The highest BCUT2D eigenvalue weighted by Crippen LogP contribution is 2.31. The predicted molar refractivity (Wildman–Crippen MR) is 105 cm³/mol. The second-order valence-corrected chi connectivity index (χ2v) is 5.91. The van der Waals surface area contributed by atoms with Gasteiger partial charge >= 0.3 is 0 Å². The van der Waals surface area contributed by atoms with Crippen LogP contribution in [0.25, 0.3) is 10.9 Å². The first kappa shape index (κ1) is 18.9. The van der Waals surface area contributed by atoms with Gasteiger partial charge in [0.25, 0.3) is 11.6 Å². The number of methoxy groups -OCH3 is 1. The molecule has 28 heavy (non-hydrogen) atoms. The normalized spacial score (nSPS) is 11.3. The minimum Gasteiger partial charge on any atom is -0.496 e. The van der Waals surface area contributed by atoms with Gasteiger partial charge in [0.15, 0.2) is 0 Å². The zero-order valence-corrected chi connectivity index (χ0v) is 15.1. The molecule has 0 saturated carbocycles. The maximum Gasteiger partial charge on any atom is 0.296 e. The van der Waals surface area contributed by atoms with E-state index < -0.39 is 10.8 Å². The molecule has 0 saturated heterocycles. The zero-order valence-electron chi connectivity index (χ0n) is 15.1. The summed E-state index contributed by atoms with van der Waals surface area (Å²) in [7, 11) is 1.42. The number of hydrazine groups is 1. The van der Waals surface area contributed by atoms with E-state index in [0.29, 0.717) is 22.5 Å². The number of benzene rings is 2. The highest BCUT2D eigenvalue weighted by molar-refractivity contribution is 6.07. The Balaban J connectivity index is 1.86. The molecule has 2 aromatic carbocycles. The van der Waals surface area contributed by atoms with E-state index in [1.807, 2.05) is 0 Å². The van der Waals surface area contributed by atoms with Gasteiger partial charge in [-0.2, -0.15) is 5.10 Å². The molecule has 1 aromatic heterocycles. The van der Waals surface area contributed by atoms with Crippen LogP contribution in [0.2, 0.25) is 0 Å². The van der Waals surface area contributed by atoms with Gasteiger partial charge in [0.1, 0.15) is 17.0 Å². The third kappa shape index (κ3) is 3.76. The number of nitro groups is 1. The molecule has 10 heteroatoms. The summed E-state index contributed by atoms with van der Waals surface area (Å²) in [4.78, 5) is 26.1. The molecular formula is C18H18N6O4. The second kappa shape index (κ2) is 7.76. The van der Waals surface area contributed by atoms with Crippen LogP contribution in [0.1, 0.15) is 23.0 Å². The van der Waals surface area contributed by atoms with Gasteiger partial charge < -0.3 is 15.0 Å². The van der Waals surface area contributed by atoms with Crippen molar-refractivity contribution in [1.29, 1.82) is 0 Å². The number of carbonyl (C=O) groups is 1. The van der Waals surface area contributed by atoms with Gasteiger partial charge in [-0.25, -0.2) is 11.4 Å². The quantitative estimate of drug-likeness (QED) is 0.223. The van der Waals surface area contributed by atoms with Crippen molar-refractivity contribution < 1.29 is 14.5 Å². The molecule has 0 unspecified atom stereocenters. The lowest BCUT2D eigenvalue weighted by atomic mass is 10.1. The first-order valence-electron chi connectivity index (χ1n) is 8.19. The molecular weight excluding hydrogens is 364 g/mol. The van der Waals surface area contributed by atoms with Crippen molar-refractivity contribution in [3.8, 4) is 5.75 Å². The average Bonchev–Trinajstić information content (AvgIpc) is 3.12. The molecule has 0 fully saturated rings. The molecule has 1 heterocycles. The molecule has 0 spiro atoms. The molecule has 0 radical (unpaired) electrons. The molecule has 10 nitrogen and oxygen atoms in total. The summed E-state index contributed by atoms with van der Waals surface area (Å²) in [6, 6.07) is 11.5. The minimum atomic E-state index is -0.526. The Kier molecular flexibility index (Phi) is 5.23. The highest BCUT2D eigenvalue weighted by Gasteiger charge is 2.19. The number of hydrogen-bond donors (Lipinski definition) is 4. The maximum atomic E-state index is 12.5. The number of nitro benzene ring substituents is 1.